The van der Waals surface area contributed by atoms with Crippen LogP contribution in [0.25, 0.3) is 0 Å². The molecule has 0 atom stereocenters. The van der Waals surface area contributed by atoms with E-state index in [1.165, 1.54) is 17.7 Å². The number of likely N-dealkylation sites (tertiary alicyclic amines) is 1. The van der Waals surface area contributed by atoms with Crippen LogP contribution in [0.15, 0.2) is 0 Å². The monoisotopic (exact) mass is 266 g/mol. The number of hydrogen-bond donors (Lipinski definition) is 2. The first-order valence-electron chi connectivity index (χ1n) is 7.28. The Balaban J connectivity index is 1.61. The van der Waals surface area contributed by atoms with Crippen molar-refractivity contribution in [3.8, 4) is 0 Å². The smallest absolute Gasteiger partial charge is 0.323 e. The molecule has 3 heterocycles. The van der Waals surface area contributed by atoms with Crippen molar-refractivity contribution in [2.75, 3.05) is 39.3 Å². The first-order chi connectivity index (χ1) is 9.21. The molecule has 3 saturated heterocycles. The van der Waals surface area contributed by atoms with Gasteiger partial charge in [0.1, 0.15) is 5.54 Å². The summed E-state index contributed by atoms with van der Waals surface area (Å²) in [6.07, 6.45) is 3.88. The molecule has 3 rings (SSSR count). The van der Waals surface area contributed by atoms with Gasteiger partial charge < -0.3 is 15.5 Å². The minimum absolute atomic E-state index is 0.0156. The van der Waals surface area contributed by atoms with Crippen LogP contribution in [-0.2, 0) is 4.79 Å². The minimum atomic E-state index is -0.618. The number of carbonyl (C=O) groups is 2. The van der Waals surface area contributed by atoms with Gasteiger partial charge in [-0.05, 0) is 51.9 Å². The lowest BCUT2D eigenvalue weighted by Crippen LogP contribution is -2.54. The Bertz CT molecular complexity index is 373. The quantitative estimate of drug-likeness (QED) is 0.692. The van der Waals surface area contributed by atoms with E-state index < -0.39 is 5.54 Å². The third-order valence-corrected chi connectivity index (χ3v) is 4.54. The first kappa shape index (κ1) is 12.9. The lowest BCUT2D eigenvalue weighted by atomic mass is 9.88. The third-order valence-electron chi connectivity index (χ3n) is 4.54. The summed E-state index contributed by atoms with van der Waals surface area (Å²) in [4.78, 5) is 28.3. The molecule has 3 aliphatic heterocycles. The molecule has 19 heavy (non-hydrogen) atoms. The summed E-state index contributed by atoms with van der Waals surface area (Å²) in [7, 11) is 0. The van der Waals surface area contributed by atoms with Crippen LogP contribution < -0.4 is 10.6 Å². The van der Waals surface area contributed by atoms with Gasteiger partial charge in [-0.25, -0.2) is 4.79 Å². The van der Waals surface area contributed by atoms with E-state index in [0.717, 1.165) is 32.7 Å². The van der Waals surface area contributed by atoms with Crippen LogP contribution in [0, 0.1) is 0 Å². The van der Waals surface area contributed by atoms with Crippen molar-refractivity contribution in [2.24, 2.45) is 0 Å². The maximum absolute atomic E-state index is 12.5. The summed E-state index contributed by atoms with van der Waals surface area (Å²) >= 11 is 0. The lowest BCUT2D eigenvalue weighted by Gasteiger charge is -2.31. The summed E-state index contributed by atoms with van der Waals surface area (Å²) in [6, 6.07) is -0.203. The molecule has 0 aliphatic carbocycles. The Kier molecular flexibility index (Phi) is 3.45. The molecular weight excluding hydrogens is 244 g/mol. The molecule has 3 amide bonds. The fourth-order valence-electron chi connectivity index (χ4n) is 3.32. The van der Waals surface area contributed by atoms with Crippen molar-refractivity contribution in [3.05, 3.63) is 0 Å². The zero-order chi connectivity index (χ0) is 13.3. The second kappa shape index (κ2) is 5.09. The van der Waals surface area contributed by atoms with Gasteiger partial charge in [0.25, 0.3) is 5.91 Å². The number of carbonyl (C=O) groups excluding carboxylic acids is 2. The molecule has 2 N–H and O–H groups in total. The Hall–Kier alpha value is -1.14. The van der Waals surface area contributed by atoms with Crippen LogP contribution in [0.5, 0.6) is 0 Å². The van der Waals surface area contributed by atoms with Crippen molar-refractivity contribution in [2.45, 2.75) is 31.2 Å². The van der Waals surface area contributed by atoms with E-state index in [9.17, 15) is 9.59 Å². The highest BCUT2D eigenvalue weighted by Gasteiger charge is 2.51. The molecule has 3 aliphatic rings. The minimum Gasteiger partial charge on any atom is -0.323 e. The van der Waals surface area contributed by atoms with E-state index >= 15 is 0 Å². The lowest BCUT2D eigenvalue weighted by molar-refractivity contribution is -0.132. The fraction of sp³-hybridized carbons (Fsp3) is 0.846. The number of piperidine rings is 1. The molecule has 0 radical (unpaired) electrons. The van der Waals surface area contributed by atoms with Gasteiger partial charge in [-0.15, -0.1) is 0 Å². The van der Waals surface area contributed by atoms with E-state index in [1.54, 1.807) is 0 Å². The predicted octanol–water partition coefficient (Wildman–Crippen LogP) is -0.244. The summed E-state index contributed by atoms with van der Waals surface area (Å²) in [5.41, 5.74) is -0.618. The van der Waals surface area contributed by atoms with Crippen LogP contribution in [0.2, 0.25) is 0 Å². The van der Waals surface area contributed by atoms with Gasteiger partial charge in [-0.3, -0.25) is 9.69 Å². The zero-order valence-corrected chi connectivity index (χ0v) is 11.3. The summed E-state index contributed by atoms with van der Waals surface area (Å²) in [5.74, 6) is -0.0156. The van der Waals surface area contributed by atoms with Crippen molar-refractivity contribution in [1.82, 2.24) is 20.4 Å². The van der Waals surface area contributed by atoms with E-state index in [2.05, 4.69) is 15.5 Å². The Labute approximate surface area is 113 Å². The Morgan fingerprint density at radius 1 is 1.05 bits per heavy atom. The van der Waals surface area contributed by atoms with Crippen molar-refractivity contribution >= 4 is 11.9 Å². The molecule has 0 aromatic heterocycles. The molecule has 0 bridgehead atoms. The third kappa shape index (κ3) is 2.34. The fourth-order valence-corrected chi connectivity index (χ4v) is 3.32. The molecule has 6 nitrogen and oxygen atoms in total. The predicted molar refractivity (Wildman–Crippen MR) is 70.8 cm³/mol. The zero-order valence-electron chi connectivity index (χ0n) is 11.3. The van der Waals surface area contributed by atoms with Crippen LogP contribution in [0.1, 0.15) is 25.7 Å². The van der Waals surface area contributed by atoms with E-state index in [4.69, 9.17) is 0 Å². The molecule has 0 aromatic carbocycles. The van der Waals surface area contributed by atoms with Crippen molar-refractivity contribution < 1.29 is 9.59 Å². The molecule has 0 aromatic rings. The number of hydrogen-bond acceptors (Lipinski definition) is 4. The highest BCUT2D eigenvalue weighted by molar-refractivity contribution is 6.07. The molecule has 0 unspecified atom stereocenters. The molecule has 3 fully saturated rings. The maximum Gasteiger partial charge on any atom is 0.325 e. The number of imide groups is 1. The normalized spacial score (nSPS) is 27.3. The Morgan fingerprint density at radius 3 is 2.42 bits per heavy atom. The summed E-state index contributed by atoms with van der Waals surface area (Å²) in [5, 5.41) is 6.16. The van der Waals surface area contributed by atoms with Gasteiger partial charge in [-0.1, -0.05) is 0 Å². The largest absolute Gasteiger partial charge is 0.325 e. The number of urea groups is 1. The molecule has 106 valence electrons. The number of nitrogens with zero attached hydrogens (tertiary/aromatic N) is 2. The highest BCUT2D eigenvalue weighted by atomic mass is 16.2. The van der Waals surface area contributed by atoms with Crippen molar-refractivity contribution in [1.29, 1.82) is 0 Å². The molecule has 6 heteroatoms. The summed E-state index contributed by atoms with van der Waals surface area (Å²) in [6.45, 7) is 5.13. The molecule has 1 spiro atoms. The standard InChI is InChI=1S/C13H22N4O2/c18-11-13(3-5-14-6-4-13)15-12(19)17(11)10-9-16-7-1-2-8-16/h14H,1-10H2,(H,15,19). The number of rotatable bonds is 3. The van der Waals surface area contributed by atoms with Gasteiger partial charge in [0, 0.05) is 13.1 Å². The first-order valence-corrected chi connectivity index (χ1v) is 7.28. The van der Waals surface area contributed by atoms with Gasteiger partial charge in [0.15, 0.2) is 0 Å². The SMILES string of the molecule is O=C1NC2(CCNCC2)C(=O)N1CCN1CCCC1. The van der Waals surface area contributed by atoms with E-state index in [-0.39, 0.29) is 11.9 Å². The van der Waals surface area contributed by atoms with E-state index in [0.29, 0.717) is 19.4 Å². The van der Waals surface area contributed by atoms with Gasteiger partial charge in [-0.2, -0.15) is 0 Å². The number of nitrogens with one attached hydrogen (secondary N) is 2. The van der Waals surface area contributed by atoms with E-state index in [1.807, 2.05) is 0 Å². The average molecular weight is 266 g/mol. The van der Waals surface area contributed by atoms with Crippen molar-refractivity contribution in [3.63, 3.8) is 0 Å². The van der Waals surface area contributed by atoms with Gasteiger partial charge >= 0.3 is 6.03 Å². The van der Waals surface area contributed by atoms with Crippen LogP contribution in [-0.4, -0.2) is 66.5 Å². The van der Waals surface area contributed by atoms with Crippen LogP contribution in [0.4, 0.5) is 4.79 Å². The number of amides is 3. The topological polar surface area (TPSA) is 64.7 Å². The van der Waals surface area contributed by atoms with Gasteiger partial charge in [0.2, 0.25) is 0 Å². The van der Waals surface area contributed by atoms with Crippen LogP contribution >= 0.6 is 0 Å². The Morgan fingerprint density at radius 2 is 1.74 bits per heavy atom. The highest BCUT2D eigenvalue weighted by Crippen LogP contribution is 2.26. The molecule has 0 saturated carbocycles. The van der Waals surface area contributed by atoms with Crippen LogP contribution in [0.3, 0.4) is 0 Å². The maximum atomic E-state index is 12.5. The van der Waals surface area contributed by atoms with Gasteiger partial charge in [0.05, 0.1) is 0 Å². The average Bonchev–Trinajstić information content (AvgIpc) is 2.99. The molecular formula is C13H22N4O2. The second-order valence-corrected chi connectivity index (χ2v) is 5.77. The second-order valence-electron chi connectivity index (χ2n) is 5.77. The summed E-state index contributed by atoms with van der Waals surface area (Å²) < 4.78 is 0.